The minimum Gasteiger partial charge on any atom is -0.481 e. The van der Waals surface area contributed by atoms with E-state index in [0.29, 0.717) is 19.3 Å². The Balaban J connectivity index is 3.30. The minimum absolute atomic E-state index is 0.0632. The molecule has 0 bridgehead atoms. The molecule has 24 heavy (non-hydrogen) atoms. The number of unbranched alkanes of at least 4 members (excludes halogenated alkanes) is 4. The zero-order valence-corrected chi connectivity index (χ0v) is 14.6. The van der Waals surface area contributed by atoms with Crippen LogP contribution in [-0.2, 0) is 28.6 Å². The largest absolute Gasteiger partial charge is 0.481 e. The Hall–Kier alpha value is -1.63. The van der Waals surface area contributed by atoms with E-state index in [1.54, 1.807) is 0 Å². The summed E-state index contributed by atoms with van der Waals surface area (Å²) in [4.78, 5) is 33.0. The van der Waals surface area contributed by atoms with Crippen LogP contribution in [0.1, 0.15) is 64.7 Å². The van der Waals surface area contributed by atoms with Crippen LogP contribution in [0.2, 0.25) is 0 Å². The lowest BCUT2D eigenvalue weighted by Gasteiger charge is -2.07. The maximum Gasteiger partial charge on any atom is 0.305 e. The molecule has 0 radical (unpaired) electrons. The fraction of sp³-hybridized carbons (Fsp3) is 0.824. The Morgan fingerprint density at radius 1 is 0.708 bits per heavy atom. The number of carboxylic acids is 1. The fourth-order valence-electron chi connectivity index (χ4n) is 1.92. The molecule has 1 N–H and O–H groups in total. The summed E-state index contributed by atoms with van der Waals surface area (Å²) < 4.78 is 15.2. The summed E-state index contributed by atoms with van der Waals surface area (Å²) in [6.07, 6.45) is 5.85. The second-order valence-corrected chi connectivity index (χ2v) is 5.46. The maximum absolute atomic E-state index is 11.4. The SMILES string of the molecule is CCCCCCC(=O)OCCOCCOC(=O)CCCCC(=O)O. The van der Waals surface area contributed by atoms with Crippen molar-refractivity contribution >= 4 is 17.9 Å². The zero-order chi connectivity index (χ0) is 18.0. The van der Waals surface area contributed by atoms with Crippen LogP contribution in [0.4, 0.5) is 0 Å². The Kier molecular flexibility index (Phi) is 15.1. The van der Waals surface area contributed by atoms with Gasteiger partial charge in [0.05, 0.1) is 13.2 Å². The van der Waals surface area contributed by atoms with E-state index in [9.17, 15) is 14.4 Å². The van der Waals surface area contributed by atoms with Gasteiger partial charge in [0.2, 0.25) is 0 Å². The second kappa shape index (κ2) is 16.2. The van der Waals surface area contributed by atoms with Crippen molar-refractivity contribution in [3.05, 3.63) is 0 Å². The molecule has 0 rings (SSSR count). The molecule has 0 aliphatic carbocycles. The van der Waals surface area contributed by atoms with Gasteiger partial charge in [0.1, 0.15) is 13.2 Å². The van der Waals surface area contributed by atoms with Gasteiger partial charge >= 0.3 is 17.9 Å². The van der Waals surface area contributed by atoms with Gasteiger partial charge < -0.3 is 19.3 Å². The van der Waals surface area contributed by atoms with E-state index in [1.165, 1.54) is 0 Å². The first-order chi connectivity index (χ1) is 11.6. The van der Waals surface area contributed by atoms with Gasteiger partial charge in [-0.2, -0.15) is 0 Å². The van der Waals surface area contributed by atoms with Gasteiger partial charge in [-0.1, -0.05) is 26.2 Å². The molecule has 0 amide bonds. The van der Waals surface area contributed by atoms with E-state index < -0.39 is 5.97 Å². The molecule has 0 saturated carbocycles. The molecule has 0 aromatic heterocycles. The fourth-order valence-corrected chi connectivity index (χ4v) is 1.92. The predicted molar refractivity (Wildman–Crippen MR) is 87.6 cm³/mol. The molecule has 0 heterocycles. The number of esters is 2. The Bertz CT molecular complexity index is 355. The molecule has 0 aromatic rings. The normalized spacial score (nSPS) is 10.4. The van der Waals surface area contributed by atoms with Gasteiger partial charge in [0, 0.05) is 19.3 Å². The minimum atomic E-state index is -0.863. The van der Waals surface area contributed by atoms with Crippen molar-refractivity contribution in [1.29, 1.82) is 0 Å². The Morgan fingerprint density at radius 3 is 1.71 bits per heavy atom. The van der Waals surface area contributed by atoms with Crippen LogP contribution in [0.15, 0.2) is 0 Å². The highest BCUT2D eigenvalue weighted by Gasteiger charge is 2.05. The van der Waals surface area contributed by atoms with E-state index in [1.807, 2.05) is 0 Å². The first kappa shape index (κ1) is 22.4. The first-order valence-corrected chi connectivity index (χ1v) is 8.67. The van der Waals surface area contributed by atoms with Crippen molar-refractivity contribution in [3.63, 3.8) is 0 Å². The molecule has 0 aliphatic rings. The molecular weight excluding hydrogens is 316 g/mol. The van der Waals surface area contributed by atoms with Crippen LogP contribution < -0.4 is 0 Å². The van der Waals surface area contributed by atoms with Crippen LogP contribution in [0, 0.1) is 0 Å². The van der Waals surface area contributed by atoms with Crippen molar-refractivity contribution in [2.24, 2.45) is 0 Å². The molecule has 140 valence electrons. The lowest BCUT2D eigenvalue weighted by molar-refractivity contribution is -0.147. The highest BCUT2D eigenvalue weighted by atomic mass is 16.6. The Labute approximate surface area is 143 Å². The number of carbonyl (C=O) groups excluding carboxylic acids is 2. The smallest absolute Gasteiger partial charge is 0.305 e. The number of rotatable bonds is 16. The van der Waals surface area contributed by atoms with Crippen LogP contribution in [0.25, 0.3) is 0 Å². The average molecular weight is 346 g/mol. The highest BCUT2D eigenvalue weighted by Crippen LogP contribution is 2.03. The molecule has 0 saturated heterocycles. The van der Waals surface area contributed by atoms with Gasteiger partial charge in [-0.15, -0.1) is 0 Å². The van der Waals surface area contributed by atoms with Crippen LogP contribution in [-0.4, -0.2) is 49.4 Å². The van der Waals surface area contributed by atoms with E-state index in [2.05, 4.69) is 6.92 Å². The third-order valence-corrected chi connectivity index (χ3v) is 3.24. The summed E-state index contributed by atoms with van der Waals surface area (Å²) in [6.45, 7) is 2.98. The summed E-state index contributed by atoms with van der Waals surface area (Å²) in [5.74, 6) is -1.43. The van der Waals surface area contributed by atoms with Gasteiger partial charge in [-0.05, 0) is 19.3 Å². The predicted octanol–water partition coefficient (Wildman–Crippen LogP) is 2.70. The van der Waals surface area contributed by atoms with Gasteiger partial charge in [-0.25, -0.2) is 0 Å². The monoisotopic (exact) mass is 346 g/mol. The number of ether oxygens (including phenoxy) is 3. The van der Waals surface area contributed by atoms with Gasteiger partial charge in [-0.3, -0.25) is 14.4 Å². The van der Waals surface area contributed by atoms with Crippen molar-refractivity contribution in [2.75, 3.05) is 26.4 Å². The van der Waals surface area contributed by atoms with E-state index >= 15 is 0 Å². The van der Waals surface area contributed by atoms with E-state index in [4.69, 9.17) is 19.3 Å². The van der Waals surface area contributed by atoms with Gasteiger partial charge in [0.15, 0.2) is 0 Å². The summed E-state index contributed by atoms with van der Waals surface area (Å²) >= 11 is 0. The molecule has 7 heteroatoms. The maximum atomic E-state index is 11.4. The standard InChI is InChI=1S/C17H30O7/c1-2-3-4-5-9-16(20)23-13-11-22-12-14-24-17(21)10-7-6-8-15(18)19/h2-14H2,1H3,(H,18,19). The van der Waals surface area contributed by atoms with E-state index in [-0.39, 0.29) is 51.2 Å². The molecule has 0 fully saturated rings. The second-order valence-electron chi connectivity index (χ2n) is 5.46. The molecule has 7 nitrogen and oxygen atoms in total. The zero-order valence-electron chi connectivity index (χ0n) is 14.6. The summed E-state index contributed by atoms with van der Waals surface area (Å²) in [5.41, 5.74) is 0. The van der Waals surface area contributed by atoms with Crippen LogP contribution in [0.3, 0.4) is 0 Å². The van der Waals surface area contributed by atoms with Crippen LogP contribution >= 0.6 is 0 Å². The lowest BCUT2D eigenvalue weighted by Crippen LogP contribution is -2.14. The molecule has 0 aliphatic heterocycles. The lowest BCUT2D eigenvalue weighted by atomic mass is 10.2. The third-order valence-electron chi connectivity index (χ3n) is 3.24. The van der Waals surface area contributed by atoms with E-state index in [0.717, 1.165) is 25.7 Å². The number of hydrogen-bond donors (Lipinski definition) is 1. The molecule has 0 aromatic carbocycles. The molecule has 0 atom stereocenters. The number of aliphatic carboxylic acids is 1. The molecular formula is C17H30O7. The van der Waals surface area contributed by atoms with Crippen molar-refractivity contribution < 1.29 is 33.7 Å². The first-order valence-electron chi connectivity index (χ1n) is 8.67. The average Bonchev–Trinajstić information content (AvgIpc) is 2.54. The van der Waals surface area contributed by atoms with Crippen molar-refractivity contribution in [2.45, 2.75) is 64.7 Å². The quantitative estimate of drug-likeness (QED) is 0.339. The van der Waals surface area contributed by atoms with Gasteiger partial charge in [0.25, 0.3) is 0 Å². The number of carbonyl (C=O) groups is 3. The van der Waals surface area contributed by atoms with Crippen molar-refractivity contribution in [3.8, 4) is 0 Å². The highest BCUT2D eigenvalue weighted by molar-refractivity contribution is 5.70. The summed E-state index contributed by atoms with van der Waals surface area (Å²) in [7, 11) is 0. The molecule has 0 spiro atoms. The topological polar surface area (TPSA) is 99.1 Å². The van der Waals surface area contributed by atoms with Crippen molar-refractivity contribution in [1.82, 2.24) is 0 Å². The summed E-state index contributed by atoms with van der Waals surface area (Å²) in [5, 5.41) is 8.46. The number of carboxylic acid groups (broad SMARTS) is 1. The summed E-state index contributed by atoms with van der Waals surface area (Å²) in [6, 6.07) is 0. The number of hydrogen-bond acceptors (Lipinski definition) is 6. The van der Waals surface area contributed by atoms with Crippen LogP contribution in [0.5, 0.6) is 0 Å². The molecule has 0 unspecified atom stereocenters. The third kappa shape index (κ3) is 16.7. The Morgan fingerprint density at radius 2 is 1.21 bits per heavy atom.